The van der Waals surface area contributed by atoms with Crippen LogP contribution in [0, 0.1) is 33.8 Å². The van der Waals surface area contributed by atoms with E-state index in [1.54, 1.807) is 12.1 Å². The number of carbonyl (C=O) groups is 1. The van der Waals surface area contributed by atoms with Gasteiger partial charge in [0.25, 0.3) is 0 Å². The lowest BCUT2D eigenvalue weighted by Crippen LogP contribution is -2.56. The second-order valence-electron chi connectivity index (χ2n) is 11.7. The maximum atomic E-state index is 15.6. The van der Waals surface area contributed by atoms with Crippen LogP contribution in [0.1, 0.15) is 63.2 Å². The molecule has 0 aliphatic carbocycles. The third-order valence-electron chi connectivity index (χ3n) is 7.99. The van der Waals surface area contributed by atoms with E-state index in [0.29, 0.717) is 19.5 Å². The van der Waals surface area contributed by atoms with Crippen molar-refractivity contribution in [1.29, 1.82) is 5.26 Å². The first kappa shape index (κ1) is 29.7. The van der Waals surface area contributed by atoms with Crippen molar-refractivity contribution in [3.63, 3.8) is 0 Å². The van der Waals surface area contributed by atoms with E-state index >= 15 is 4.39 Å². The Bertz CT molecular complexity index is 1280. The topological polar surface area (TPSA) is 96.6 Å². The zero-order valence-electron chi connectivity index (χ0n) is 22.1. The zero-order valence-corrected chi connectivity index (χ0v) is 23.6. The number of aliphatic hydroxyl groups excluding tert-OH is 2. The van der Waals surface area contributed by atoms with E-state index in [2.05, 4.69) is 11.4 Å². The number of rotatable bonds is 7. The Kier molecular flexibility index (Phi) is 8.61. The van der Waals surface area contributed by atoms with Gasteiger partial charge in [0, 0.05) is 35.6 Å². The number of hydrogen-bond donors (Lipinski definition) is 3. The molecule has 2 aliphatic heterocycles. The molecule has 39 heavy (non-hydrogen) atoms. The molecule has 2 fully saturated rings. The summed E-state index contributed by atoms with van der Waals surface area (Å²) in [7, 11) is 0. The van der Waals surface area contributed by atoms with Crippen molar-refractivity contribution in [2.24, 2.45) is 10.8 Å². The molecule has 10 heteroatoms. The van der Waals surface area contributed by atoms with Gasteiger partial charge in [-0.3, -0.25) is 9.69 Å². The number of nitrogens with zero attached hydrogens (tertiary/aromatic N) is 2. The minimum absolute atomic E-state index is 0.0224. The maximum absolute atomic E-state index is 15.6. The largest absolute Gasteiger partial charge is 0.390 e. The molecule has 2 unspecified atom stereocenters. The number of benzene rings is 2. The number of halogens is 4. The molecule has 6 nitrogen and oxygen atoms in total. The van der Waals surface area contributed by atoms with Crippen LogP contribution < -0.4 is 5.32 Å². The first-order valence-corrected chi connectivity index (χ1v) is 13.8. The Balaban J connectivity index is 1.79. The van der Waals surface area contributed by atoms with Gasteiger partial charge in [0.1, 0.15) is 17.7 Å². The van der Waals surface area contributed by atoms with Crippen molar-refractivity contribution in [2.75, 3.05) is 13.1 Å². The number of nitriles is 1. The second kappa shape index (κ2) is 11.3. The fourth-order valence-electron chi connectivity index (χ4n) is 6.28. The van der Waals surface area contributed by atoms with E-state index < -0.39 is 47.3 Å². The highest BCUT2D eigenvalue weighted by Gasteiger charge is 2.63. The lowest BCUT2D eigenvalue weighted by atomic mass is 9.63. The van der Waals surface area contributed by atoms with E-state index in [4.69, 9.17) is 23.2 Å². The summed E-state index contributed by atoms with van der Waals surface area (Å²) < 4.78 is 30.1. The van der Waals surface area contributed by atoms with Gasteiger partial charge in [0.05, 0.1) is 28.7 Å². The molecule has 1 amide bonds. The number of carbonyl (C=O) groups excluding carboxylic acids is 1. The molecule has 0 bridgehead atoms. The highest BCUT2D eigenvalue weighted by Crippen LogP contribution is 2.57. The first-order chi connectivity index (χ1) is 18.3. The van der Waals surface area contributed by atoms with Crippen molar-refractivity contribution in [2.45, 2.75) is 70.2 Å². The summed E-state index contributed by atoms with van der Waals surface area (Å²) in [4.78, 5) is 15.3. The standard InChI is InChI=1S/C29H33Cl2F2N3O3/c1-28(2,3)14-22-29(15-34,10-9-21(37)26(38)17-8-7-16(30)13-20(17)32)23(18-5-4-6-19(31)24(18)33)25-27(39)35-11-12-36(22)25/h4-8,13,21-23,25-26,37-38H,9-12,14H2,1-3H3,(H,35,39)/t21?,22-,23-,25+,26?,29-/m0/s1. The van der Waals surface area contributed by atoms with Crippen LogP contribution in [0.15, 0.2) is 36.4 Å². The van der Waals surface area contributed by atoms with Gasteiger partial charge in [0.15, 0.2) is 0 Å². The Morgan fingerprint density at radius 3 is 2.59 bits per heavy atom. The van der Waals surface area contributed by atoms with E-state index in [0.717, 1.165) is 6.07 Å². The summed E-state index contributed by atoms with van der Waals surface area (Å²) in [6.45, 7) is 6.95. The minimum atomic E-state index is -1.58. The molecule has 0 aromatic heterocycles. The third kappa shape index (κ3) is 5.66. The molecule has 0 saturated carbocycles. The smallest absolute Gasteiger partial charge is 0.238 e. The Morgan fingerprint density at radius 2 is 1.95 bits per heavy atom. The summed E-state index contributed by atoms with van der Waals surface area (Å²) in [5.41, 5.74) is -1.54. The van der Waals surface area contributed by atoms with Crippen molar-refractivity contribution in [3.8, 4) is 6.07 Å². The average Bonchev–Trinajstić information content (AvgIpc) is 3.13. The van der Waals surface area contributed by atoms with Crippen molar-refractivity contribution < 1.29 is 23.8 Å². The van der Waals surface area contributed by atoms with Crippen molar-refractivity contribution in [1.82, 2.24) is 10.2 Å². The summed E-state index contributed by atoms with van der Waals surface area (Å²) in [6, 6.07) is 9.49. The van der Waals surface area contributed by atoms with Crippen LogP contribution in [0.2, 0.25) is 10.0 Å². The van der Waals surface area contributed by atoms with Gasteiger partial charge < -0.3 is 15.5 Å². The maximum Gasteiger partial charge on any atom is 0.238 e. The summed E-state index contributed by atoms with van der Waals surface area (Å²) in [5.74, 6) is -2.65. The van der Waals surface area contributed by atoms with Gasteiger partial charge >= 0.3 is 0 Å². The predicted octanol–water partition coefficient (Wildman–Crippen LogP) is 5.36. The van der Waals surface area contributed by atoms with Crippen LogP contribution in [0.3, 0.4) is 0 Å². The SMILES string of the molecule is CC(C)(C)C[C@@H]1N2CCNC(=O)[C@H]2[C@H](c2cccc(Cl)c2F)[C@]1(C#N)CCC(O)C(O)c1ccc(Cl)cc1F. The quantitative estimate of drug-likeness (QED) is 0.410. The predicted molar refractivity (Wildman–Crippen MR) is 145 cm³/mol. The molecule has 3 N–H and O–H groups in total. The normalized spacial score (nSPS) is 27.0. The molecule has 6 atom stereocenters. The van der Waals surface area contributed by atoms with E-state index in [1.165, 1.54) is 18.2 Å². The molecule has 2 heterocycles. The average molecular weight is 581 g/mol. The van der Waals surface area contributed by atoms with Crippen LogP contribution in [-0.2, 0) is 4.79 Å². The molecule has 0 spiro atoms. The Labute approximate surface area is 237 Å². The Hall–Kier alpha value is -2.28. The van der Waals surface area contributed by atoms with Gasteiger partial charge in [-0.2, -0.15) is 5.26 Å². The number of nitrogens with one attached hydrogen (secondary N) is 1. The summed E-state index contributed by atoms with van der Waals surface area (Å²) >= 11 is 12.0. The molecule has 0 radical (unpaired) electrons. The van der Waals surface area contributed by atoms with E-state index in [1.807, 2.05) is 25.7 Å². The fourth-order valence-corrected chi connectivity index (χ4v) is 6.62. The number of aliphatic hydroxyl groups is 2. The van der Waals surface area contributed by atoms with Crippen LogP contribution in [0.4, 0.5) is 8.78 Å². The van der Waals surface area contributed by atoms with Gasteiger partial charge in [-0.05, 0) is 48.4 Å². The second-order valence-corrected chi connectivity index (χ2v) is 12.6. The molecule has 2 aliphatic rings. The minimum Gasteiger partial charge on any atom is -0.390 e. The number of fused-ring (bicyclic) bond motifs is 1. The molecule has 4 rings (SSSR count). The fraction of sp³-hybridized carbons (Fsp3) is 0.517. The number of piperazine rings is 1. The van der Waals surface area contributed by atoms with Crippen molar-refractivity contribution >= 4 is 29.1 Å². The lowest BCUT2D eigenvalue weighted by Gasteiger charge is -2.40. The molecule has 2 aromatic rings. The number of hydrogen-bond acceptors (Lipinski definition) is 5. The van der Waals surface area contributed by atoms with Gasteiger partial charge in [0.2, 0.25) is 5.91 Å². The first-order valence-electron chi connectivity index (χ1n) is 13.0. The van der Waals surface area contributed by atoms with E-state index in [-0.39, 0.29) is 45.3 Å². The zero-order chi connectivity index (χ0) is 28.7. The van der Waals surface area contributed by atoms with Crippen LogP contribution in [-0.4, -0.2) is 52.3 Å². The van der Waals surface area contributed by atoms with Gasteiger partial charge in [-0.25, -0.2) is 8.78 Å². The third-order valence-corrected chi connectivity index (χ3v) is 8.52. The van der Waals surface area contributed by atoms with Crippen LogP contribution in [0.5, 0.6) is 0 Å². The molecule has 2 saturated heterocycles. The molecule has 210 valence electrons. The highest BCUT2D eigenvalue weighted by atomic mass is 35.5. The lowest BCUT2D eigenvalue weighted by molar-refractivity contribution is -0.129. The van der Waals surface area contributed by atoms with Gasteiger partial charge in [-0.1, -0.05) is 62.2 Å². The summed E-state index contributed by atoms with van der Waals surface area (Å²) in [5, 5.41) is 35.5. The van der Waals surface area contributed by atoms with E-state index in [9.17, 15) is 24.7 Å². The molecular weight excluding hydrogens is 547 g/mol. The van der Waals surface area contributed by atoms with Crippen LogP contribution >= 0.6 is 23.2 Å². The highest BCUT2D eigenvalue weighted by molar-refractivity contribution is 6.31. The Morgan fingerprint density at radius 1 is 1.23 bits per heavy atom. The monoisotopic (exact) mass is 579 g/mol. The van der Waals surface area contributed by atoms with Gasteiger partial charge in [-0.15, -0.1) is 0 Å². The van der Waals surface area contributed by atoms with Crippen LogP contribution in [0.25, 0.3) is 0 Å². The molecular formula is C29H33Cl2F2N3O3. The summed E-state index contributed by atoms with van der Waals surface area (Å²) in [6.07, 6.45) is -2.56. The molecule has 2 aromatic carbocycles. The van der Waals surface area contributed by atoms with Crippen molar-refractivity contribution in [3.05, 3.63) is 69.2 Å². The number of amides is 1.